The van der Waals surface area contributed by atoms with Crippen molar-refractivity contribution in [2.24, 2.45) is 0 Å². The third-order valence-electron chi connectivity index (χ3n) is 2.42. The van der Waals surface area contributed by atoms with E-state index in [1.165, 1.54) is 12.1 Å². The molecule has 0 heterocycles. The lowest BCUT2D eigenvalue weighted by atomic mass is 10.1. The molecule has 0 aliphatic carbocycles. The van der Waals surface area contributed by atoms with E-state index in [0.29, 0.717) is 19.1 Å². The van der Waals surface area contributed by atoms with Crippen LogP contribution in [0.5, 0.6) is 0 Å². The van der Waals surface area contributed by atoms with Crippen molar-refractivity contribution in [2.45, 2.75) is 26.1 Å². The highest BCUT2D eigenvalue weighted by atomic mass is 19.4. The summed E-state index contributed by atoms with van der Waals surface area (Å²) in [4.78, 5) is 11.7. The monoisotopic (exact) mass is 274 g/mol. The maximum absolute atomic E-state index is 12.5. The van der Waals surface area contributed by atoms with E-state index in [0.717, 1.165) is 12.1 Å². The van der Waals surface area contributed by atoms with Gasteiger partial charge in [-0.05, 0) is 18.2 Å². The Morgan fingerprint density at radius 2 is 1.95 bits per heavy atom. The molecule has 0 radical (unpaired) electrons. The van der Waals surface area contributed by atoms with Crippen LogP contribution in [-0.4, -0.2) is 25.0 Å². The summed E-state index contributed by atoms with van der Waals surface area (Å²) < 4.78 is 37.5. The molecule has 0 spiro atoms. The summed E-state index contributed by atoms with van der Waals surface area (Å²) in [6, 6.07) is 4.68. The van der Waals surface area contributed by atoms with Crippen LogP contribution in [0.15, 0.2) is 24.3 Å². The number of benzene rings is 1. The van der Waals surface area contributed by atoms with Crippen molar-refractivity contribution in [3.05, 3.63) is 35.4 Å². The summed E-state index contributed by atoms with van der Waals surface area (Å²) in [5, 5.41) is 5.66. The number of carbonyl (C=O) groups is 1. The first-order valence-corrected chi connectivity index (χ1v) is 5.99. The smallest absolute Gasteiger partial charge is 0.351 e. The Kier molecular flexibility index (Phi) is 5.35. The molecule has 1 rings (SSSR count). The molecule has 1 aromatic rings. The van der Waals surface area contributed by atoms with Crippen LogP contribution in [0.4, 0.5) is 13.2 Å². The third-order valence-corrected chi connectivity index (χ3v) is 2.42. The topological polar surface area (TPSA) is 41.1 Å². The predicted molar refractivity (Wildman–Crippen MR) is 66.9 cm³/mol. The van der Waals surface area contributed by atoms with Crippen molar-refractivity contribution in [3.63, 3.8) is 0 Å². The normalized spacial score (nSPS) is 11.7. The highest BCUT2D eigenvalue weighted by molar-refractivity contribution is 5.94. The predicted octanol–water partition coefficient (Wildman–Crippen LogP) is 2.43. The van der Waals surface area contributed by atoms with Crippen LogP contribution < -0.4 is 10.6 Å². The van der Waals surface area contributed by atoms with Gasteiger partial charge in [-0.2, -0.15) is 13.2 Å². The molecule has 1 amide bonds. The number of nitrogens with one attached hydrogen (secondary N) is 2. The molecule has 6 heteroatoms. The number of alkyl halides is 3. The Morgan fingerprint density at radius 1 is 1.26 bits per heavy atom. The molecule has 0 aliphatic heterocycles. The van der Waals surface area contributed by atoms with E-state index in [1.54, 1.807) is 0 Å². The average Bonchev–Trinajstić information content (AvgIpc) is 2.33. The number of halogens is 3. The first-order valence-electron chi connectivity index (χ1n) is 5.99. The zero-order valence-electron chi connectivity index (χ0n) is 10.8. The Balaban J connectivity index is 2.58. The fourth-order valence-electron chi connectivity index (χ4n) is 1.48. The molecule has 0 saturated carbocycles. The van der Waals surface area contributed by atoms with Crippen LogP contribution >= 0.6 is 0 Å². The Bertz CT molecular complexity index is 430. The highest BCUT2D eigenvalue weighted by Gasteiger charge is 2.30. The van der Waals surface area contributed by atoms with Crippen LogP contribution in [-0.2, 0) is 6.18 Å². The van der Waals surface area contributed by atoms with E-state index in [1.807, 2.05) is 13.8 Å². The first-order chi connectivity index (χ1) is 8.80. The van der Waals surface area contributed by atoms with E-state index in [9.17, 15) is 18.0 Å². The largest absolute Gasteiger partial charge is 0.416 e. The molecule has 1 aromatic carbocycles. The molecule has 19 heavy (non-hydrogen) atoms. The fraction of sp³-hybridized carbons (Fsp3) is 0.462. The molecule has 2 N–H and O–H groups in total. The van der Waals surface area contributed by atoms with Gasteiger partial charge < -0.3 is 10.6 Å². The van der Waals surface area contributed by atoms with Crippen LogP contribution in [0.25, 0.3) is 0 Å². The summed E-state index contributed by atoms with van der Waals surface area (Å²) in [5.74, 6) is -0.503. The molecule has 106 valence electrons. The molecular formula is C13H17F3N2O. The molecule has 0 bridgehead atoms. The summed E-state index contributed by atoms with van der Waals surface area (Å²) in [6.07, 6.45) is -4.44. The van der Waals surface area contributed by atoms with Gasteiger partial charge in [-0.25, -0.2) is 0 Å². The zero-order valence-corrected chi connectivity index (χ0v) is 10.8. The lowest BCUT2D eigenvalue weighted by Crippen LogP contribution is -2.34. The van der Waals surface area contributed by atoms with Crippen LogP contribution in [0.2, 0.25) is 0 Å². The van der Waals surface area contributed by atoms with E-state index in [2.05, 4.69) is 10.6 Å². The van der Waals surface area contributed by atoms with Crippen molar-refractivity contribution < 1.29 is 18.0 Å². The van der Waals surface area contributed by atoms with Gasteiger partial charge in [0.2, 0.25) is 0 Å². The first kappa shape index (κ1) is 15.5. The van der Waals surface area contributed by atoms with E-state index in [-0.39, 0.29) is 5.56 Å². The van der Waals surface area contributed by atoms with Gasteiger partial charge in [0, 0.05) is 24.7 Å². The van der Waals surface area contributed by atoms with Crippen molar-refractivity contribution in [1.82, 2.24) is 10.6 Å². The molecule has 0 aliphatic rings. The molecule has 0 fully saturated rings. The lowest BCUT2D eigenvalue weighted by Gasteiger charge is -2.10. The van der Waals surface area contributed by atoms with Crippen LogP contribution in [0.3, 0.4) is 0 Å². The minimum absolute atomic E-state index is 0.0133. The van der Waals surface area contributed by atoms with Gasteiger partial charge >= 0.3 is 6.18 Å². The van der Waals surface area contributed by atoms with Crippen molar-refractivity contribution in [1.29, 1.82) is 0 Å². The Morgan fingerprint density at radius 3 is 2.53 bits per heavy atom. The van der Waals surface area contributed by atoms with Gasteiger partial charge in [0.05, 0.1) is 5.56 Å². The van der Waals surface area contributed by atoms with Gasteiger partial charge in [0.25, 0.3) is 5.91 Å². The maximum Gasteiger partial charge on any atom is 0.416 e. The standard InChI is InChI=1S/C13H17F3N2O/c1-9(2)17-6-7-18-12(19)10-4-3-5-11(8-10)13(14,15)16/h3-5,8-9,17H,6-7H2,1-2H3,(H,18,19). The van der Waals surface area contributed by atoms with Crippen LogP contribution in [0, 0.1) is 0 Å². The highest BCUT2D eigenvalue weighted by Crippen LogP contribution is 2.29. The summed E-state index contributed by atoms with van der Waals surface area (Å²) >= 11 is 0. The van der Waals surface area contributed by atoms with Gasteiger partial charge in [-0.15, -0.1) is 0 Å². The summed E-state index contributed by atoms with van der Waals surface area (Å²) in [5.41, 5.74) is -0.806. The van der Waals surface area contributed by atoms with Gasteiger partial charge in [-0.3, -0.25) is 4.79 Å². The molecule has 0 saturated heterocycles. The molecule has 0 atom stereocenters. The second-order valence-electron chi connectivity index (χ2n) is 4.44. The van der Waals surface area contributed by atoms with E-state index >= 15 is 0 Å². The molecule has 0 aromatic heterocycles. The summed E-state index contributed by atoms with van der Waals surface area (Å²) in [7, 11) is 0. The number of amides is 1. The zero-order chi connectivity index (χ0) is 14.5. The quantitative estimate of drug-likeness (QED) is 0.810. The number of hydrogen-bond donors (Lipinski definition) is 2. The SMILES string of the molecule is CC(C)NCCNC(=O)c1cccc(C(F)(F)F)c1. The maximum atomic E-state index is 12.5. The van der Waals surface area contributed by atoms with Crippen molar-refractivity contribution in [2.75, 3.05) is 13.1 Å². The van der Waals surface area contributed by atoms with Crippen LogP contribution in [0.1, 0.15) is 29.8 Å². The molecule has 3 nitrogen and oxygen atoms in total. The second kappa shape index (κ2) is 6.56. The van der Waals surface area contributed by atoms with Crippen molar-refractivity contribution in [3.8, 4) is 0 Å². The second-order valence-corrected chi connectivity index (χ2v) is 4.44. The van der Waals surface area contributed by atoms with Gasteiger partial charge in [0.1, 0.15) is 0 Å². The Hall–Kier alpha value is -1.56. The molecular weight excluding hydrogens is 257 g/mol. The summed E-state index contributed by atoms with van der Waals surface area (Å²) in [6.45, 7) is 4.87. The third kappa shape index (κ3) is 5.30. The fourth-order valence-corrected chi connectivity index (χ4v) is 1.48. The molecule has 0 unspecified atom stereocenters. The Labute approximate surface area is 110 Å². The minimum atomic E-state index is -4.44. The number of hydrogen-bond acceptors (Lipinski definition) is 2. The number of rotatable bonds is 5. The number of carbonyl (C=O) groups excluding carboxylic acids is 1. The minimum Gasteiger partial charge on any atom is -0.351 e. The van der Waals surface area contributed by atoms with Gasteiger partial charge in [0.15, 0.2) is 0 Å². The average molecular weight is 274 g/mol. The van der Waals surface area contributed by atoms with E-state index < -0.39 is 17.6 Å². The van der Waals surface area contributed by atoms with Crippen molar-refractivity contribution >= 4 is 5.91 Å². The van der Waals surface area contributed by atoms with Gasteiger partial charge in [-0.1, -0.05) is 19.9 Å². The van der Waals surface area contributed by atoms with E-state index in [4.69, 9.17) is 0 Å². The lowest BCUT2D eigenvalue weighted by molar-refractivity contribution is -0.137.